The molecule has 43 heavy (non-hydrogen) atoms. The maximum absolute atomic E-state index is 13.3. The monoisotopic (exact) mass is 590 g/mol. The van der Waals surface area contributed by atoms with E-state index in [2.05, 4.69) is 10.6 Å². The molecule has 4 N–H and O–H groups in total. The third-order valence-electron chi connectivity index (χ3n) is 6.99. The summed E-state index contributed by atoms with van der Waals surface area (Å²) >= 11 is 0. The maximum atomic E-state index is 13.3. The zero-order chi connectivity index (χ0) is 31.7. The third kappa shape index (κ3) is 8.10. The Morgan fingerprint density at radius 1 is 1.00 bits per heavy atom. The fraction of sp³-hybridized carbons (Fsp3) is 0.312. The van der Waals surface area contributed by atoms with Gasteiger partial charge in [0, 0.05) is 25.7 Å². The topological polar surface area (TPSA) is 149 Å². The van der Waals surface area contributed by atoms with Gasteiger partial charge in [-0.05, 0) is 74.3 Å². The number of anilines is 2. The summed E-state index contributed by atoms with van der Waals surface area (Å²) in [5, 5.41) is 25.8. The lowest BCUT2D eigenvalue weighted by Gasteiger charge is -2.25. The number of imide groups is 1. The third-order valence-corrected chi connectivity index (χ3v) is 6.99. The van der Waals surface area contributed by atoms with Gasteiger partial charge in [-0.2, -0.15) is 0 Å². The lowest BCUT2D eigenvalue weighted by molar-refractivity contribution is -0.150. The molecule has 0 bridgehead atoms. The molecule has 3 aromatic carbocycles. The van der Waals surface area contributed by atoms with E-state index in [0.717, 1.165) is 16.0 Å². The Labute approximate surface area is 251 Å². The summed E-state index contributed by atoms with van der Waals surface area (Å²) in [7, 11) is 3.44. The van der Waals surface area contributed by atoms with Crippen LogP contribution in [0.1, 0.15) is 47.3 Å². The normalized spacial score (nSPS) is 12.1. The van der Waals surface area contributed by atoms with Gasteiger partial charge in [-0.1, -0.05) is 37.3 Å². The molecule has 4 amide bonds. The Hall–Kier alpha value is -4.90. The summed E-state index contributed by atoms with van der Waals surface area (Å²) in [5.74, 6) is -2.43. The summed E-state index contributed by atoms with van der Waals surface area (Å²) in [6, 6.07) is 14.2. The molecule has 3 rings (SSSR count). The molecule has 2 unspecified atom stereocenters. The molecular weight excluding hydrogens is 552 g/mol. The van der Waals surface area contributed by atoms with E-state index in [1.165, 1.54) is 23.1 Å². The number of ether oxygens (including phenoxy) is 1. The molecule has 0 aliphatic rings. The van der Waals surface area contributed by atoms with E-state index in [9.17, 15) is 29.4 Å². The molecule has 11 nitrogen and oxygen atoms in total. The number of nitrogens with zero attached hydrogens (tertiary/aromatic N) is 2. The van der Waals surface area contributed by atoms with Crippen molar-refractivity contribution < 1.29 is 34.1 Å². The van der Waals surface area contributed by atoms with E-state index in [1.54, 1.807) is 38.2 Å². The molecule has 228 valence electrons. The van der Waals surface area contributed by atoms with Crippen LogP contribution < -0.4 is 20.4 Å². The summed E-state index contributed by atoms with van der Waals surface area (Å²) in [5.41, 5.74) is 3.13. The molecule has 0 aliphatic heterocycles. The van der Waals surface area contributed by atoms with Crippen molar-refractivity contribution in [3.05, 3.63) is 82.9 Å². The molecule has 0 aliphatic carbocycles. The van der Waals surface area contributed by atoms with Gasteiger partial charge >= 0.3 is 12.0 Å². The predicted octanol–water partition coefficient (Wildman–Crippen LogP) is 4.03. The van der Waals surface area contributed by atoms with E-state index in [-0.39, 0.29) is 12.0 Å². The second kappa shape index (κ2) is 14.8. The van der Waals surface area contributed by atoms with Crippen molar-refractivity contribution in [1.29, 1.82) is 0 Å². The Morgan fingerprint density at radius 3 is 2.19 bits per heavy atom. The number of amides is 4. The van der Waals surface area contributed by atoms with Crippen molar-refractivity contribution in [2.24, 2.45) is 0 Å². The standard InChI is InChI=1S/C32H38N4O7/c1-6-21(3)43-31(41)25(34-30(40)29-27(38)8-7-9-28(29)39)17-22-10-13-24(14-11-22)36(19-37)32(42)35(5)26-15-12-23(18-33-4)16-20(26)2/h7-16,19,21,25,33,38-39H,6,17-18H2,1-5H3,(H,34,40). The SMILES string of the molecule is CCC(C)OC(=O)C(Cc1ccc(N(C=O)C(=O)N(C)c2ccc(CNC)cc2C)cc1)NC(=O)c1c(O)cccc1O. The number of esters is 1. The van der Waals surface area contributed by atoms with Gasteiger partial charge in [-0.3, -0.25) is 14.5 Å². The number of hydrogen-bond donors (Lipinski definition) is 4. The van der Waals surface area contributed by atoms with Gasteiger partial charge in [0.15, 0.2) is 0 Å². The zero-order valence-electron chi connectivity index (χ0n) is 25.0. The molecule has 0 saturated heterocycles. The quantitative estimate of drug-likeness (QED) is 0.183. The molecule has 0 aromatic heterocycles. The van der Waals surface area contributed by atoms with Crippen LogP contribution in [0.2, 0.25) is 0 Å². The first-order valence-corrected chi connectivity index (χ1v) is 13.9. The largest absolute Gasteiger partial charge is 0.507 e. The Kier molecular flexibility index (Phi) is 11.2. The van der Waals surface area contributed by atoms with Crippen LogP contribution in [0.15, 0.2) is 60.7 Å². The minimum Gasteiger partial charge on any atom is -0.507 e. The Bertz CT molecular complexity index is 1440. The molecule has 11 heteroatoms. The number of phenols is 2. The van der Waals surface area contributed by atoms with Crippen molar-refractivity contribution in [2.75, 3.05) is 23.9 Å². The number of aromatic hydroxyl groups is 2. The lowest BCUT2D eigenvalue weighted by Crippen LogP contribution is -2.44. The molecule has 0 heterocycles. The van der Waals surface area contributed by atoms with Gasteiger partial charge in [0.05, 0.1) is 11.8 Å². The molecule has 0 radical (unpaired) electrons. The van der Waals surface area contributed by atoms with Gasteiger partial charge in [0.2, 0.25) is 6.41 Å². The number of benzene rings is 3. The predicted molar refractivity (Wildman–Crippen MR) is 163 cm³/mol. The number of carbonyl (C=O) groups excluding carboxylic acids is 4. The van der Waals surface area contributed by atoms with Crippen molar-refractivity contribution >= 4 is 35.7 Å². The number of hydrogen-bond acceptors (Lipinski definition) is 8. The van der Waals surface area contributed by atoms with Crippen LogP contribution >= 0.6 is 0 Å². The average molecular weight is 591 g/mol. The molecule has 0 fully saturated rings. The molecule has 2 atom stereocenters. The van der Waals surface area contributed by atoms with Gasteiger partial charge in [0.25, 0.3) is 5.91 Å². The van der Waals surface area contributed by atoms with Crippen molar-refractivity contribution in [3.63, 3.8) is 0 Å². The first-order chi connectivity index (χ1) is 20.5. The van der Waals surface area contributed by atoms with Crippen molar-refractivity contribution in [1.82, 2.24) is 10.6 Å². The van der Waals surface area contributed by atoms with Crippen molar-refractivity contribution in [3.8, 4) is 11.5 Å². The second-order valence-electron chi connectivity index (χ2n) is 10.2. The summed E-state index contributed by atoms with van der Waals surface area (Å²) in [6.07, 6.45) is 0.595. The highest BCUT2D eigenvalue weighted by atomic mass is 16.5. The maximum Gasteiger partial charge on any atom is 0.335 e. The van der Waals surface area contributed by atoms with Gasteiger partial charge in [-0.15, -0.1) is 0 Å². The highest BCUT2D eigenvalue weighted by Gasteiger charge is 2.28. The Morgan fingerprint density at radius 2 is 1.63 bits per heavy atom. The lowest BCUT2D eigenvalue weighted by atomic mass is 10.0. The van der Waals surface area contributed by atoms with Crippen LogP contribution in [0.4, 0.5) is 16.2 Å². The smallest absolute Gasteiger partial charge is 0.335 e. The van der Waals surface area contributed by atoms with Gasteiger partial charge < -0.3 is 25.6 Å². The van der Waals surface area contributed by atoms with Crippen LogP contribution in [0, 0.1) is 6.92 Å². The van der Waals surface area contributed by atoms with Crippen LogP contribution in [-0.4, -0.2) is 60.8 Å². The fourth-order valence-corrected chi connectivity index (χ4v) is 4.47. The average Bonchev–Trinajstić information content (AvgIpc) is 2.97. The van der Waals surface area contributed by atoms with Crippen LogP contribution in [0.5, 0.6) is 11.5 Å². The number of urea groups is 1. The number of nitrogens with one attached hydrogen (secondary N) is 2. The van der Waals surface area contributed by atoms with Gasteiger partial charge in [-0.25, -0.2) is 14.5 Å². The van der Waals surface area contributed by atoms with E-state index < -0.39 is 41.6 Å². The van der Waals surface area contributed by atoms with Crippen LogP contribution in [0.25, 0.3) is 0 Å². The van der Waals surface area contributed by atoms with Crippen LogP contribution in [-0.2, 0) is 27.3 Å². The molecule has 3 aromatic rings. The zero-order valence-corrected chi connectivity index (χ0v) is 25.0. The van der Waals surface area contributed by atoms with Gasteiger partial charge in [0.1, 0.15) is 23.1 Å². The second-order valence-corrected chi connectivity index (χ2v) is 10.2. The first kappa shape index (κ1) is 32.6. The highest BCUT2D eigenvalue weighted by Crippen LogP contribution is 2.27. The summed E-state index contributed by atoms with van der Waals surface area (Å²) in [6.45, 7) is 6.14. The van der Waals surface area contributed by atoms with Crippen molar-refractivity contribution in [2.45, 2.75) is 52.3 Å². The molecular formula is C32H38N4O7. The summed E-state index contributed by atoms with van der Waals surface area (Å²) in [4.78, 5) is 53.6. The fourth-order valence-electron chi connectivity index (χ4n) is 4.47. The highest BCUT2D eigenvalue weighted by molar-refractivity contribution is 6.13. The number of carbonyl (C=O) groups is 4. The van der Waals surface area contributed by atoms with Crippen LogP contribution in [0.3, 0.4) is 0 Å². The van der Waals surface area contributed by atoms with E-state index in [4.69, 9.17) is 4.74 Å². The van der Waals surface area contributed by atoms with E-state index in [1.807, 2.05) is 39.1 Å². The van der Waals surface area contributed by atoms with E-state index in [0.29, 0.717) is 36.3 Å². The molecule has 0 saturated carbocycles. The minimum atomic E-state index is -1.16. The number of aryl methyl sites for hydroxylation is 1. The first-order valence-electron chi connectivity index (χ1n) is 13.9. The number of phenolic OH excluding ortho intramolecular Hbond substituents is 2. The summed E-state index contributed by atoms with van der Waals surface area (Å²) < 4.78 is 5.45. The Balaban J connectivity index is 1.81. The molecule has 0 spiro atoms. The minimum absolute atomic E-state index is 0.00272. The van der Waals surface area contributed by atoms with E-state index >= 15 is 0 Å². The number of rotatable bonds is 12.